The van der Waals surface area contributed by atoms with Gasteiger partial charge in [-0.25, -0.2) is 0 Å². The van der Waals surface area contributed by atoms with Crippen LogP contribution in [0.5, 0.6) is 0 Å². The summed E-state index contributed by atoms with van der Waals surface area (Å²) in [4.78, 5) is 25.4. The molecule has 0 radical (unpaired) electrons. The highest BCUT2D eigenvalue weighted by Gasteiger charge is 2.47. The van der Waals surface area contributed by atoms with Crippen LogP contribution in [0.25, 0.3) is 0 Å². The number of piperazine rings is 1. The fourth-order valence-electron chi connectivity index (χ4n) is 3.12. The summed E-state index contributed by atoms with van der Waals surface area (Å²) in [7, 11) is 0. The van der Waals surface area contributed by atoms with E-state index in [4.69, 9.17) is 0 Å². The largest absolute Gasteiger partial charge is 0.416 e. The van der Waals surface area contributed by atoms with Crippen LogP contribution in [0, 0.1) is 0 Å². The Morgan fingerprint density at radius 2 is 1.86 bits per heavy atom. The number of halogens is 3. The summed E-state index contributed by atoms with van der Waals surface area (Å²) in [6.07, 6.45) is -3.28. The molecule has 2 aliphatic heterocycles. The Kier molecular flexibility index (Phi) is 3.24. The smallest absolute Gasteiger partial charge is 0.293 e. The Labute approximate surface area is 118 Å². The second-order valence-corrected chi connectivity index (χ2v) is 5.24. The molecular formula is C14H13F3N2O2. The lowest BCUT2D eigenvalue weighted by molar-refractivity contribution is -0.145. The number of rotatable bonds is 1. The van der Waals surface area contributed by atoms with Gasteiger partial charge in [0.1, 0.15) is 6.04 Å². The maximum absolute atomic E-state index is 13.1. The average molecular weight is 298 g/mol. The van der Waals surface area contributed by atoms with Gasteiger partial charge in [0.05, 0.1) is 11.6 Å². The molecule has 0 saturated carbocycles. The van der Waals surface area contributed by atoms with Gasteiger partial charge in [-0.05, 0) is 24.5 Å². The topological polar surface area (TPSA) is 49.4 Å². The minimum Gasteiger partial charge on any atom is -0.293 e. The van der Waals surface area contributed by atoms with Crippen molar-refractivity contribution in [2.45, 2.75) is 31.1 Å². The molecule has 7 heteroatoms. The van der Waals surface area contributed by atoms with E-state index in [1.165, 1.54) is 18.2 Å². The minimum absolute atomic E-state index is 0.0955. The molecule has 2 saturated heterocycles. The van der Waals surface area contributed by atoms with Gasteiger partial charge in [-0.1, -0.05) is 18.2 Å². The molecule has 0 spiro atoms. The van der Waals surface area contributed by atoms with Crippen molar-refractivity contribution in [2.24, 2.45) is 0 Å². The first kappa shape index (κ1) is 14.1. The number of carbonyl (C=O) groups is 2. The van der Waals surface area contributed by atoms with Gasteiger partial charge >= 0.3 is 6.18 Å². The Morgan fingerprint density at radius 1 is 1.14 bits per heavy atom. The second kappa shape index (κ2) is 4.84. The lowest BCUT2D eigenvalue weighted by Gasteiger charge is -2.36. The number of alkyl halides is 3. The van der Waals surface area contributed by atoms with Gasteiger partial charge in [-0.15, -0.1) is 0 Å². The summed E-state index contributed by atoms with van der Waals surface area (Å²) in [5.74, 6) is -1.10. The van der Waals surface area contributed by atoms with Crippen molar-refractivity contribution in [3.05, 3.63) is 35.4 Å². The van der Waals surface area contributed by atoms with Gasteiger partial charge in [0, 0.05) is 6.54 Å². The molecule has 1 aromatic carbocycles. The first-order chi connectivity index (χ1) is 9.89. The Hall–Kier alpha value is -1.89. The molecular weight excluding hydrogens is 285 g/mol. The molecule has 2 heterocycles. The quantitative estimate of drug-likeness (QED) is 0.805. The minimum atomic E-state index is -4.53. The number of amides is 2. The monoisotopic (exact) mass is 298 g/mol. The molecule has 112 valence electrons. The molecule has 2 aliphatic rings. The van der Waals surface area contributed by atoms with Gasteiger partial charge in [0.25, 0.3) is 0 Å². The lowest BCUT2D eigenvalue weighted by Crippen LogP contribution is -2.57. The molecule has 21 heavy (non-hydrogen) atoms. The molecule has 0 bridgehead atoms. The molecule has 2 atom stereocenters. The van der Waals surface area contributed by atoms with Gasteiger partial charge in [0.15, 0.2) is 0 Å². The molecule has 0 aliphatic carbocycles. The van der Waals surface area contributed by atoms with Gasteiger partial charge in [-0.3, -0.25) is 19.8 Å². The predicted molar refractivity (Wildman–Crippen MR) is 67.1 cm³/mol. The summed E-state index contributed by atoms with van der Waals surface area (Å²) < 4.78 is 39.4. The van der Waals surface area contributed by atoms with E-state index in [1.807, 2.05) is 0 Å². The van der Waals surface area contributed by atoms with Crippen LogP contribution < -0.4 is 5.32 Å². The van der Waals surface area contributed by atoms with E-state index in [2.05, 4.69) is 5.32 Å². The zero-order valence-corrected chi connectivity index (χ0v) is 11.0. The van der Waals surface area contributed by atoms with Crippen LogP contribution in [0.3, 0.4) is 0 Å². The Bertz CT molecular complexity index is 600. The van der Waals surface area contributed by atoms with Gasteiger partial charge in [0.2, 0.25) is 11.8 Å². The summed E-state index contributed by atoms with van der Waals surface area (Å²) in [5, 5.41) is 2.19. The highest BCUT2D eigenvalue weighted by atomic mass is 19.4. The standard InChI is InChI=1S/C14H13F3N2O2/c15-14(16,17)9-5-2-1-4-8(9)11-13(21)18-12(20)10-6-3-7-19(10)11/h1-2,4-5,10-11H,3,6-7H2,(H,18,20,21)/t10-,11-/m0/s1. The van der Waals surface area contributed by atoms with Crippen LogP contribution in [0.4, 0.5) is 13.2 Å². The fraction of sp³-hybridized carbons (Fsp3) is 0.429. The summed E-state index contributed by atoms with van der Waals surface area (Å²) in [6.45, 7) is 0.445. The van der Waals surface area contributed by atoms with Crippen molar-refractivity contribution in [1.29, 1.82) is 0 Å². The molecule has 2 amide bonds. The maximum Gasteiger partial charge on any atom is 0.416 e. The van der Waals surface area contributed by atoms with Crippen LogP contribution in [0.2, 0.25) is 0 Å². The van der Waals surface area contributed by atoms with Crippen molar-refractivity contribution in [1.82, 2.24) is 10.2 Å². The van der Waals surface area contributed by atoms with Crippen LogP contribution in [0.1, 0.15) is 30.0 Å². The number of benzene rings is 1. The maximum atomic E-state index is 13.1. The van der Waals surface area contributed by atoms with E-state index in [-0.39, 0.29) is 5.56 Å². The average Bonchev–Trinajstić information content (AvgIpc) is 2.87. The molecule has 1 N–H and O–H groups in total. The number of nitrogens with one attached hydrogen (secondary N) is 1. The van der Waals surface area contributed by atoms with E-state index < -0.39 is 35.6 Å². The van der Waals surface area contributed by atoms with E-state index >= 15 is 0 Å². The number of hydrogen-bond donors (Lipinski definition) is 1. The van der Waals surface area contributed by atoms with Crippen LogP contribution in [-0.2, 0) is 15.8 Å². The number of hydrogen-bond acceptors (Lipinski definition) is 3. The highest BCUT2D eigenvalue weighted by Crippen LogP contribution is 2.39. The Morgan fingerprint density at radius 3 is 2.57 bits per heavy atom. The van der Waals surface area contributed by atoms with Crippen molar-refractivity contribution in [3.63, 3.8) is 0 Å². The lowest BCUT2D eigenvalue weighted by atomic mass is 9.95. The third kappa shape index (κ3) is 2.31. The Balaban J connectivity index is 2.07. The van der Waals surface area contributed by atoms with Crippen molar-refractivity contribution in [2.75, 3.05) is 6.54 Å². The zero-order chi connectivity index (χ0) is 15.2. The van der Waals surface area contributed by atoms with Crippen LogP contribution in [0.15, 0.2) is 24.3 Å². The zero-order valence-electron chi connectivity index (χ0n) is 11.0. The van der Waals surface area contributed by atoms with Crippen LogP contribution in [-0.4, -0.2) is 29.3 Å². The van der Waals surface area contributed by atoms with Crippen LogP contribution >= 0.6 is 0 Å². The molecule has 1 aromatic rings. The molecule has 4 nitrogen and oxygen atoms in total. The van der Waals surface area contributed by atoms with E-state index in [1.54, 1.807) is 4.90 Å². The highest BCUT2D eigenvalue weighted by molar-refractivity contribution is 6.03. The summed E-state index contributed by atoms with van der Waals surface area (Å²) in [6, 6.07) is 3.45. The van der Waals surface area contributed by atoms with Crippen molar-refractivity contribution >= 4 is 11.8 Å². The SMILES string of the molecule is O=C1NC(=O)[C@@H]2CCCN2[C@H]1c1ccccc1C(F)(F)F. The van der Waals surface area contributed by atoms with E-state index in [0.29, 0.717) is 19.4 Å². The molecule has 0 aromatic heterocycles. The van der Waals surface area contributed by atoms with E-state index in [0.717, 1.165) is 6.07 Å². The first-order valence-electron chi connectivity index (χ1n) is 6.66. The number of fused-ring (bicyclic) bond motifs is 1. The fourth-order valence-corrected chi connectivity index (χ4v) is 3.12. The third-order valence-corrected chi connectivity index (χ3v) is 3.98. The molecule has 3 rings (SSSR count). The molecule has 0 unspecified atom stereocenters. The van der Waals surface area contributed by atoms with Crippen molar-refractivity contribution < 1.29 is 22.8 Å². The van der Waals surface area contributed by atoms with E-state index in [9.17, 15) is 22.8 Å². The molecule has 2 fully saturated rings. The number of nitrogens with zero attached hydrogens (tertiary/aromatic N) is 1. The number of imide groups is 1. The summed E-state index contributed by atoms with van der Waals surface area (Å²) in [5.41, 5.74) is -0.924. The van der Waals surface area contributed by atoms with Crippen molar-refractivity contribution in [3.8, 4) is 0 Å². The first-order valence-corrected chi connectivity index (χ1v) is 6.66. The van der Waals surface area contributed by atoms with Gasteiger partial charge in [-0.2, -0.15) is 13.2 Å². The third-order valence-electron chi connectivity index (χ3n) is 3.98. The van der Waals surface area contributed by atoms with Gasteiger partial charge < -0.3 is 0 Å². The second-order valence-electron chi connectivity index (χ2n) is 5.24. The number of carbonyl (C=O) groups excluding carboxylic acids is 2. The normalized spacial score (nSPS) is 26.6. The summed E-state index contributed by atoms with van der Waals surface area (Å²) >= 11 is 0. The predicted octanol–water partition coefficient (Wildman–Crippen LogP) is 1.87.